The second kappa shape index (κ2) is 7.82. The molecule has 0 saturated carbocycles. The minimum atomic E-state index is 0.160. The van der Waals surface area contributed by atoms with Crippen molar-refractivity contribution in [2.24, 2.45) is 0 Å². The second-order valence-electron chi connectivity index (χ2n) is 7.12. The number of hydrogen-bond acceptors (Lipinski definition) is 5. The van der Waals surface area contributed by atoms with Crippen LogP contribution < -0.4 is 9.80 Å². The molecule has 2 amide bonds. The van der Waals surface area contributed by atoms with Gasteiger partial charge in [0.1, 0.15) is 0 Å². The highest BCUT2D eigenvalue weighted by Crippen LogP contribution is 2.19. The zero-order valence-electron chi connectivity index (χ0n) is 15.8. The lowest BCUT2D eigenvalue weighted by Gasteiger charge is -2.41. The first-order chi connectivity index (χ1) is 13.2. The summed E-state index contributed by atoms with van der Waals surface area (Å²) < 4.78 is 0. The Morgan fingerprint density at radius 2 is 1.41 bits per heavy atom. The number of rotatable bonds is 2. The summed E-state index contributed by atoms with van der Waals surface area (Å²) in [4.78, 5) is 29.9. The van der Waals surface area contributed by atoms with Crippen molar-refractivity contribution in [3.63, 3.8) is 0 Å². The second-order valence-corrected chi connectivity index (χ2v) is 7.12. The van der Waals surface area contributed by atoms with Crippen LogP contribution in [-0.4, -0.2) is 78.2 Å². The van der Waals surface area contributed by atoms with Gasteiger partial charge in [0.25, 0.3) is 0 Å². The van der Waals surface area contributed by atoms with Crippen molar-refractivity contribution in [1.82, 2.24) is 19.8 Å². The van der Waals surface area contributed by atoms with Crippen molar-refractivity contribution >= 4 is 17.7 Å². The van der Waals surface area contributed by atoms with E-state index in [1.807, 2.05) is 15.9 Å². The van der Waals surface area contributed by atoms with E-state index in [9.17, 15) is 4.79 Å². The van der Waals surface area contributed by atoms with Gasteiger partial charge in [0.05, 0.1) is 0 Å². The molecule has 2 saturated heterocycles. The summed E-state index contributed by atoms with van der Waals surface area (Å²) in [6.45, 7) is 8.41. The Balaban J connectivity index is 1.29. The van der Waals surface area contributed by atoms with Gasteiger partial charge >= 0.3 is 6.03 Å². The van der Waals surface area contributed by atoms with Crippen LogP contribution >= 0.6 is 0 Å². The summed E-state index contributed by atoms with van der Waals surface area (Å²) in [5.41, 5.74) is 2.52. The van der Waals surface area contributed by atoms with Gasteiger partial charge in [0.15, 0.2) is 0 Å². The Morgan fingerprint density at radius 3 is 2.00 bits per heavy atom. The fourth-order valence-electron chi connectivity index (χ4n) is 3.73. The molecule has 2 aliphatic rings. The minimum absolute atomic E-state index is 0.160. The van der Waals surface area contributed by atoms with Gasteiger partial charge in [0, 0.05) is 70.4 Å². The lowest BCUT2D eigenvalue weighted by atomic mass is 10.2. The van der Waals surface area contributed by atoms with E-state index in [1.54, 1.807) is 12.4 Å². The molecule has 27 heavy (non-hydrogen) atoms. The number of nitrogens with zero attached hydrogens (tertiary/aromatic N) is 6. The van der Waals surface area contributed by atoms with Gasteiger partial charge in [-0.25, -0.2) is 14.8 Å². The fraction of sp³-hybridized carbons (Fsp3) is 0.450. The molecule has 0 unspecified atom stereocenters. The maximum atomic E-state index is 12.9. The number of urea groups is 1. The smallest absolute Gasteiger partial charge is 0.320 e. The summed E-state index contributed by atoms with van der Waals surface area (Å²) >= 11 is 0. The molecule has 0 atom stereocenters. The van der Waals surface area contributed by atoms with Gasteiger partial charge < -0.3 is 19.6 Å². The molecular formula is C20H26N6O. The molecule has 3 heterocycles. The molecule has 0 aliphatic carbocycles. The van der Waals surface area contributed by atoms with Gasteiger partial charge in [0.2, 0.25) is 5.95 Å². The largest absolute Gasteiger partial charge is 0.368 e. The monoisotopic (exact) mass is 366 g/mol. The summed E-state index contributed by atoms with van der Waals surface area (Å²) in [5, 5.41) is 0. The van der Waals surface area contributed by atoms with E-state index < -0.39 is 0 Å². The first-order valence-electron chi connectivity index (χ1n) is 9.58. The molecule has 0 radical (unpaired) electrons. The number of anilines is 2. The average Bonchev–Trinajstić information content (AvgIpc) is 2.74. The van der Waals surface area contributed by atoms with Crippen LogP contribution in [0.3, 0.4) is 0 Å². The Labute approximate surface area is 160 Å². The van der Waals surface area contributed by atoms with E-state index in [-0.39, 0.29) is 6.03 Å². The highest BCUT2D eigenvalue weighted by atomic mass is 16.2. The predicted octanol–water partition coefficient (Wildman–Crippen LogP) is 1.85. The summed E-state index contributed by atoms with van der Waals surface area (Å²) in [6.07, 6.45) is 3.52. The quantitative estimate of drug-likeness (QED) is 0.812. The fourth-order valence-corrected chi connectivity index (χ4v) is 3.73. The Kier molecular flexibility index (Phi) is 5.09. The Hall–Kier alpha value is -2.83. The van der Waals surface area contributed by atoms with Crippen LogP contribution in [-0.2, 0) is 0 Å². The van der Waals surface area contributed by atoms with E-state index >= 15 is 0 Å². The molecule has 2 aromatic rings. The predicted molar refractivity (Wildman–Crippen MR) is 106 cm³/mol. The molecule has 0 spiro atoms. The Morgan fingerprint density at radius 1 is 0.815 bits per heavy atom. The van der Waals surface area contributed by atoms with Gasteiger partial charge in [-0.2, -0.15) is 0 Å². The average molecular weight is 366 g/mol. The molecule has 4 rings (SSSR count). The highest BCUT2D eigenvalue weighted by molar-refractivity contribution is 5.75. The standard InChI is InChI=1S/C20H26N6O/c1-17-4-2-5-18(16-17)23-8-12-25(13-9-23)20(27)26-14-10-24(11-15-26)19-21-6-3-7-22-19/h2-7,16H,8-15H2,1H3. The maximum absolute atomic E-state index is 12.9. The van der Waals surface area contributed by atoms with E-state index in [0.717, 1.165) is 58.3 Å². The first kappa shape index (κ1) is 17.6. The molecule has 142 valence electrons. The van der Waals surface area contributed by atoms with E-state index in [2.05, 4.69) is 51.0 Å². The zero-order valence-corrected chi connectivity index (χ0v) is 15.8. The van der Waals surface area contributed by atoms with Gasteiger partial charge in [-0.1, -0.05) is 12.1 Å². The van der Waals surface area contributed by atoms with Crippen LogP contribution in [0.15, 0.2) is 42.7 Å². The number of piperazine rings is 2. The highest BCUT2D eigenvalue weighted by Gasteiger charge is 2.28. The summed E-state index contributed by atoms with van der Waals surface area (Å²) in [7, 11) is 0. The van der Waals surface area contributed by atoms with Crippen molar-refractivity contribution in [1.29, 1.82) is 0 Å². The van der Waals surface area contributed by atoms with Crippen molar-refractivity contribution in [2.75, 3.05) is 62.2 Å². The SMILES string of the molecule is Cc1cccc(N2CCN(C(=O)N3CCN(c4ncccn4)CC3)CC2)c1. The number of amides is 2. The van der Waals surface area contributed by atoms with Crippen LogP contribution in [0.4, 0.5) is 16.4 Å². The number of aryl methyl sites for hydroxylation is 1. The minimum Gasteiger partial charge on any atom is -0.368 e. The molecule has 2 fully saturated rings. The number of aromatic nitrogens is 2. The first-order valence-corrected chi connectivity index (χ1v) is 9.58. The van der Waals surface area contributed by atoms with Crippen LogP contribution in [0.1, 0.15) is 5.56 Å². The Bertz CT molecular complexity index is 767. The molecular weight excluding hydrogens is 340 g/mol. The third-order valence-corrected chi connectivity index (χ3v) is 5.30. The van der Waals surface area contributed by atoms with Crippen molar-refractivity contribution in [2.45, 2.75) is 6.92 Å². The molecule has 1 aromatic heterocycles. The number of carbonyl (C=O) groups is 1. The van der Waals surface area contributed by atoms with E-state index in [4.69, 9.17) is 0 Å². The maximum Gasteiger partial charge on any atom is 0.320 e. The van der Waals surface area contributed by atoms with Crippen molar-refractivity contribution in [3.8, 4) is 0 Å². The number of carbonyl (C=O) groups excluding carboxylic acids is 1. The van der Waals surface area contributed by atoms with E-state index in [0.29, 0.717) is 0 Å². The van der Waals surface area contributed by atoms with Crippen LogP contribution in [0, 0.1) is 6.92 Å². The molecule has 1 aromatic carbocycles. The molecule has 0 N–H and O–H groups in total. The normalized spacial score (nSPS) is 18.0. The molecule has 7 heteroatoms. The number of benzene rings is 1. The van der Waals surface area contributed by atoms with Crippen LogP contribution in [0.25, 0.3) is 0 Å². The van der Waals surface area contributed by atoms with Crippen LogP contribution in [0.2, 0.25) is 0 Å². The third kappa shape index (κ3) is 3.97. The molecule has 7 nitrogen and oxygen atoms in total. The van der Waals surface area contributed by atoms with Crippen LogP contribution in [0.5, 0.6) is 0 Å². The lowest BCUT2D eigenvalue weighted by Crippen LogP contribution is -2.57. The lowest BCUT2D eigenvalue weighted by molar-refractivity contribution is 0.147. The van der Waals surface area contributed by atoms with Gasteiger partial charge in [-0.15, -0.1) is 0 Å². The molecule has 0 bridgehead atoms. The van der Waals surface area contributed by atoms with Gasteiger partial charge in [-0.3, -0.25) is 0 Å². The topological polar surface area (TPSA) is 55.8 Å². The van der Waals surface area contributed by atoms with Crippen molar-refractivity contribution < 1.29 is 4.79 Å². The van der Waals surface area contributed by atoms with Gasteiger partial charge in [-0.05, 0) is 30.7 Å². The van der Waals surface area contributed by atoms with Crippen molar-refractivity contribution in [3.05, 3.63) is 48.3 Å². The summed E-state index contributed by atoms with van der Waals surface area (Å²) in [6, 6.07) is 10.5. The zero-order chi connectivity index (χ0) is 18.6. The summed E-state index contributed by atoms with van der Waals surface area (Å²) in [5.74, 6) is 0.747. The third-order valence-electron chi connectivity index (χ3n) is 5.30. The molecule has 2 aliphatic heterocycles. The number of hydrogen-bond donors (Lipinski definition) is 0. The van der Waals surface area contributed by atoms with E-state index in [1.165, 1.54) is 11.3 Å².